The van der Waals surface area contributed by atoms with Gasteiger partial charge in [0.05, 0.1) is 0 Å². The third-order valence-corrected chi connectivity index (χ3v) is 4.28. The van der Waals surface area contributed by atoms with Gasteiger partial charge in [0.1, 0.15) is 17.7 Å². The van der Waals surface area contributed by atoms with Crippen LogP contribution in [0.5, 0.6) is 0 Å². The molecule has 0 bridgehead atoms. The van der Waals surface area contributed by atoms with Crippen LogP contribution in [-0.2, 0) is 4.74 Å². The lowest BCUT2D eigenvalue weighted by molar-refractivity contribution is 0.0680. The number of rotatable bonds is 8. The van der Waals surface area contributed by atoms with Crippen molar-refractivity contribution in [1.29, 1.82) is 0 Å². The fourth-order valence-corrected chi connectivity index (χ4v) is 1.95. The zero-order valence-electron chi connectivity index (χ0n) is 12.0. The summed E-state index contributed by atoms with van der Waals surface area (Å²) in [6.07, 6.45) is 1.66. The molecule has 0 heterocycles. The van der Waals surface area contributed by atoms with Gasteiger partial charge in [0.2, 0.25) is 0 Å². The molecule has 104 valence electrons. The van der Waals surface area contributed by atoms with Crippen LogP contribution in [-0.4, -0.2) is 52.3 Å². The van der Waals surface area contributed by atoms with Gasteiger partial charge >= 0.3 is 0 Å². The third kappa shape index (κ3) is 8.44. The predicted octanol–water partition coefficient (Wildman–Crippen LogP) is 3.04. The van der Waals surface area contributed by atoms with Crippen molar-refractivity contribution >= 4 is 31.6 Å². The quantitative estimate of drug-likeness (QED) is 0.298. The average Bonchev–Trinajstić information content (AvgIpc) is 2.29. The molecule has 6 heteroatoms. The number of allylic oxidation sites excluding steroid dienone is 1. The highest BCUT2D eigenvalue weighted by Gasteiger charge is 2.12. The van der Waals surface area contributed by atoms with Gasteiger partial charge in [0.15, 0.2) is 0 Å². The lowest BCUT2D eigenvalue weighted by Gasteiger charge is -2.21. The average molecular weight is 290 g/mol. The normalized spacial score (nSPS) is 13.7. The molecule has 0 N–H and O–H groups in total. The van der Waals surface area contributed by atoms with Gasteiger partial charge in [-0.15, -0.1) is 0 Å². The summed E-state index contributed by atoms with van der Waals surface area (Å²) in [7, 11) is 2.48. The molecule has 0 amide bonds. The predicted molar refractivity (Wildman–Crippen MR) is 83.6 cm³/mol. The van der Waals surface area contributed by atoms with Crippen molar-refractivity contribution in [2.45, 2.75) is 25.7 Å². The summed E-state index contributed by atoms with van der Waals surface area (Å²) in [6.45, 7) is 11.8. The summed E-state index contributed by atoms with van der Waals surface area (Å²) < 4.78 is 5.62. The number of hydrogen-bond acceptors (Lipinski definition) is 4. The van der Waals surface area contributed by atoms with E-state index in [1.165, 1.54) is 0 Å². The van der Waals surface area contributed by atoms with Crippen molar-refractivity contribution in [3.63, 3.8) is 0 Å². The smallest absolute Gasteiger partial charge is 0.132 e. The SMILES string of the molecule is C=N/C(=C\C(Cl)=NC)N(C)COCC[Si](C)(C)C. The van der Waals surface area contributed by atoms with Gasteiger partial charge in [0, 0.05) is 34.9 Å². The van der Waals surface area contributed by atoms with E-state index in [9.17, 15) is 0 Å². The van der Waals surface area contributed by atoms with Crippen molar-refractivity contribution in [3.8, 4) is 0 Å². The molecule has 0 rings (SSSR count). The molecule has 0 atom stereocenters. The second-order valence-corrected chi connectivity index (χ2v) is 11.3. The van der Waals surface area contributed by atoms with Crippen LogP contribution in [0, 0.1) is 0 Å². The molecule has 0 unspecified atom stereocenters. The minimum atomic E-state index is -1.03. The molecule has 0 saturated heterocycles. The van der Waals surface area contributed by atoms with Crippen molar-refractivity contribution in [3.05, 3.63) is 11.9 Å². The fourth-order valence-electron chi connectivity index (χ4n) is 1.09. The maximum Gasteiger partial charge on any atom is 0.132 e. The first-order valence-corrected chi connectivity index (χ1v) is 9.98. The van der Waals surface area contributed by atoms with Crippen LogP contribution in [0.25, 0.3) is 0 Å². The number of nitrogens with zero attached hydrogens (tertiary/aromatic N) is 3. The van der Waals surface area contributed by atoms with Gasteiger partial charge in [-0.05, 0) is 12.8 Å². The number of hydrogen-bond donors (Lipinski definition) is 0. The summed E-state index contributed by atoms with van der Waals surface area (Å²) in [4.78, 5) is 9.60. The second-order valence-electron chi connectivity index (χ2n) is 5.25. The van der Waals surface area contributed by atoms with E-state index < -0.39 is 8.07 Å². The minimum absolute atomic E-state index is 0.395. The molecule has 4 nitrogen and oxygen atoms in total. The highest BCUT2D eigenvalue weighted by atomic mass is 35.5. The molecular formula is C12H24ClN3OSi. The zero-order chi connectivity index (χ0) is 14.2. The Labute approximate surface area is 116 Å². The van der Waals surface area contributed by atoms with E-state index in [0.29, 0.717) is 17.7 Å². The molecule has 0 saturated carbocycles. The summed E-state index contributed by atoms with van der Waals surface area (Å²) in [5, 5.41) is 0.395. The Hall–Kier alpha value is -0.653. The van der Waals surface area contributed by atoms with Gasteiger partial charge in [-0.25, -0.2) is 4.99 Å². The fraction of sp³-hybridized carbons (Fsp3) is 0.667. The van der Waals surface area contributed by atoms with E-state index >= 15 is 0 Å². The van der Waals surface area contributed by atoms with Crippen LogP contribution >= 0.6 is 11.6 Å². The zero-order valence-corrected chi connectivity index (χ0v) is 13.8. The number of aliphatic imine (C=N–C) groups is 2. The maximum atomic E-state index is 5.83. The Morgan fingerprint density at radius 1 is 1.44 bits per heavy atom. The molecule has 0 fully saturated rings. The Kier molecular flexibility index (Phi) is 8.14. The van der Waals surface area contributed by atoms with E-state index in [4.69, 9.17) is 16.3 Å². The van der Waals surface area contributed by atoms with Crippen LogP contribution in [0.15, 0.2) is 21.9 Å². The van der Waals surface area contributed by atoms with E-state index in [0.717, 1.165) is 12.7 Å². The highest BCUT2D eigenvalue weighted by Crippen LogP contribution is 2.09. The number of ether oxygens (including phenoxy) is 1. The molecule has 0 aromatic rings. The van der Waals surface area contributed by atoms with Crippen LogP contribution < -0.4 is 0 Å². The first-order valence-electron chi connectivity index (χ1n) is 5.89. The third-order valence-electron chi connectivity index (χ3n) is 2.30. The largest absolute Gasteiger partial charge is 0.361 e. The number of halogens is 1. The monoisotopic (exact) mass is 289 g/mol. The van der Waals surface area contributed by atoms with E-state index in [1.807, 2.05) is 11.9 Å². The molecule has 0 aliphatic heterocycles. The summed E-state index contributed by atoms with van der Waals surface area (Å²) in [6, 6.07) is 1.15. The van der Waals surface area contributed by atoms with E-state index in [-0.39, 0.29) is 0 Å². The highest BCUT2D eigenvalue weighted by molar-refractivity contribution is 6.76. The Morgan fingerprint density at radius 3 is 2.50 bits per heavy atom. The first-order chi connectivity index (χ1) is 8.30. The Balaban J connectivity index is 4.18. The maximum absolute atomic E-state index is 5.83. The molecule has 0 aromatic carbocycles. The van der Waals surface area contributed by atoms with Gasteiger partial charge < -0.3 is 9.64 Å². The molecule has 0 aliphatic carbocycles. The van der Waals surface area contributed by atoms with Crippen LogP contribution in [0.4, 0.5) is 0 Å². The van der Waals surface area contributed by atoms with Crippen LogP contribution in [0.2, 0.25) is 25.7 Å². The van der Waals surface area contributed by atoms with Crippen molar-refractivity contribution < 1.29 is 4.74 Å². The summed E-state index contributed by atoms with van der Waals surface area (Å²) >= 11 is 5.83. The standard InChI is InChI=1S/C12H24ClN3OSi/c1-14-11(13)9-12(15-2)16(3)10-17-7-8-18(4,5)6/h9H,2,7-8,10H2,1,3-6H3/b12-9+,14-11?. The molecule has 18 heavy (non-hydrogen) atoms. The van der Waals surface area contributed by atoms with Crippen LogP contribution in [0.3, 0.4) is 0 Å². The molecule has 0 radical (unpaired) electrons. The Morgan fingerprint density at radius 2 is 2.06 bits per heavy atom. The van der Waals surface area contributed by atoms with Gasteiger partial charge in [0.25, 0.3) is 0 Å². The van der Waals surface area contributed by atoms with Crippen molar-refractivity contribution in [2.75, 3.05) is 27.4 Å². The summed E-state index contributed by atoms with van der Waals surface area (Å²) in [5.74, 6) is 0.651. The van der Waals surface area contributed by atoms with Crippen molar-refractivity contribution in [2.24, 2.45) is 9.98 Å². The first kappa shape index (κ1) is 17.3. The lowest BCUT2D eigenvalue weighted by Crippen LogP contribution is -2.25. The topological polar surface area (TPSA) is 37.2 Å². The molecule has 0 aliphatic rings. The molecule has 0 spiro atoms. The van der Waals surface area contributed by atoms with E-state index in [2.05, 4.69) is 36.3 Å². The van der Waals surface area contributed by atoms with E-state index in [1.54, 1.807) is 13.1 Å². The molecular weight excluding hydrogens is 266 g/mol. The van der Waals surface area contributed by atoms with Crippen LogP contribution in [0.1, 0.15) is 0 Å². The Bertz CT molecular complexity index is 324. The second kappa shape index (κ2) is 8.45. The van der Waals surface area contributed by atoms with Gasteiger partial charge in [-0.2, -0.15) is 0 Å². The summed E-state index contributed by atoms with van der Waals surface area (Å²) in [5.41, 5.74) is 0. The minimum Gasteiger partial charge on any atom is -0.361 e. The van der Waals surface area contributed by atoms with Gasteiger partial charge in [-0.1, -0.05) is 31.2 Å². The van der Waals surface area contributed by atoms with Crippen molar-refractivity contribution in [1.82, 2.24) is 4.90 Å². The molecule has 0 aromatic heterocycles. The van der Waals surface area contributed by atoms with Gasteiger partial charge in [-0.3, -0.25) is 4.99 Å². The lowest BCUT2D eigenvalue weighted by atomic mass is 10.5.